The van der Waals surface area contributed by atoms with Gasteiger partial charge in [0.2, 0.25) is 5.65 Å². The molecule has 30 heavy (non-hydrogen) atoms. The summed E-state index contributed by atoms with van der Waals surface area (Å²) in [5.41, 5.74) is -0.337. The van der Waals surface area contributed by atoms with Crippen LogP contribution in [0, 0.1) is 6.92 Å². The van der Waals surface area contributed by atoms with Crippen molar-refractivity contribution in [3.8, 4) is 0 Å². The minimum absolute atomic E-state index is 0.0791. The second-order valence-corrected chi connectivity index (χ2v) is 8.51. The van der Waals surface area contributed by atoms with E-state index in [4.69, 9.17) is 0 Å². The highest BCUT2D eigenvalue weighted by Gasteiger charge is 2.63. The van der Waals surface area contributed by atoms with E-state index in [1.807, 2.05) is 20.8 Å². The number of halogens is 4. The third-order valence-electron chi connectivity index (χ3n) is 5.02. The predicted molar refractivity (Wildman–Crippen MR) is 98.8 cm³/mol. The number of nitrogens with zero attached hydrogens (tertiary/aromatic N) is 9. The van der Waals surface area contributed by atoms with Crippen LogP contribution in [0.3, 0.4) is 0 Å². The highest BCUT2D eigenvalue weighted by Crippen LogP contribution is 2.43. The van der Waals surface area contributed by atoms with Crippen LogP contribution in [0.5, 0.6) is 0 Å². The van der Waals surface area contributed by atoms with Gasteiger partial charge in [-0.25, -0.2) is 9.97 Å². The van der Waals surface area contributed by atoms with Crippen molar-refractivity contribution in [3.63, 3.8) is 0 Å². The Labute approximate surface area is 169 Å². The Hall–Kier alpha value is -2.86. The van der Waals surface area contributed by atoms with E-state index in [9.17, 15) is 17.6 Å². The van der Waals surface area contributed by atoms with Crippen LogP contribution in [0.25, 0.3) is 11.2 Å². The first kappa shape index (κ1) is 20.4. The summed E-state index contributed by atoms with van der Waals surface area (Å²) in [6.45, 7) is 5.10. The van der Waals surface area contributed by atoms with Crippen molar-refractivity contribution in [1.82, 2.24) is 39.7 Å². The van der Waals surface area contributed by atoms with Crippen LogP contribution >= 0.6 is 0 Å². The van der Waals surface area contributed by atoms with E-state index in [1.165, 1.54) is 4.80 Å². The number of hydrogen-bond acceptors (Lipinski definition) is 7. The first-order valence-corrected chi connectivity index (χ1v) is 9.27. The average Bonchev–Trinajstić information content (AvgIpc) is 3.22. The zero-order chi connectivity index (χ0) is 22.1. The third-order valence-corrected chi connectivity index (χ3v) is 5.02. The molecule has 0 N–H and O–H groups in total. The van der Waals surface area contributed by atoms with Crippen molar-refractivity contribution < 1.29 is 17.6 Å². The highest BCUT2D eigenvalue weighted by atomic mass is 19.3. The molecule has 1 aliphatic heterocycles. The summed E-state index contributed by atoms with van der Waals surface area (Å²) >= 11 is 0. The van der Waals surface area contributed by atoms with Gasteiger partial charge in [0.1, 0.15) is 18.2 Å². The fourth-order valence-electron chi connectivity index (χ4n) is 3.10. The Morgan fingerprint density at radius 1 is 0.967 bits per heavy atom. The van der Waals surface area contributed by atoms with Gasteiger partial charge in [-0.2, -0.15) is 22.4 Å². The fraction of sp³-hybridized carbons (Fsp3) is 0.647. The molecule has 0 radical (unpaired) electrons. The Kier molecular flexibility index (Phi) is 4.30. The summed E-state index contributed by atoms with van der Waals surface area (Å²) in [5, 5.41) is 16.6. The van der Waals surface area contributed by atoms with Gasteiger partial charge in [0, 0.05) is 12.5 Å². The van der Waals surface area contributed by atoms with E-state index in [2.05, 4.69) is 30.4 Å². The number of aryl methyl sites for hydroxylation is 1. The highest BCUT2D eigenvalue weighted by molar-refractivity contribution is 5.83. The lowest BCUT2D eigenvalue weighted by Crippen LogP contribution is -2.38. The van der Waals surface area contributed by atoms with Crippen molar-refractivity contribution in [2.75, 3.05) is 18.0 Å². The minimum Gasteiger partial charge on any atom is -0.342 e. The van der Waals surface area contributed by atoms with Crippen molar-refractivity contribution in [2.24, 2.45) is 7.05 Å². The van der Waals surface area contributed by atoms with Gasteiger partial charge in [-0.3, -0.25) is 0 Å². The lowest BCUT2D eigenvalue weighted by Gasteiger charge is -2.21. The quantitative estimate of drug-likeness (QED) is 0.591. The van der Waals surface area contributed by atoms with E-state index in [1.54, 1.807) is 18.5 Å². The summed E-state index contributed by atoms with van der Waals surface area (Å²) in [7, 11) is 1.78. The smallest absolute Gasteiger partial charge is 0.329 e. The van der Waals surface area contributed by atoms with Crippen LogP contribution in [-0.4, -0.2) is 64.7 Å². The molecule has 1 fully saturated rings. The molecular formula is C17H21F4N9. The molecule has 3 aromatic heterocycles. The summed E-state index contributed by atoms with van der Waals surface area (Å²) in [4.78, 5) is 10.9. The van der Waals surface area contributed by atoms with Gasteiger partial charge in [0.05, 0.1) is 13.1 Å². The van der Waals surface area contributed by atoms with E-state index >= 15 is 0 Å². The van der Waals surface area contributed by atoms with Crippen molar-refractivity contribution >= 4 is 17.0 Å². The molecule has 0 bridgehead atoms. The molecular weight excluding hydrogens is 406 g/mol. The lowest BCUT2D eigenvalue weighted by atomic mass is 9.96. The van der Waals surface area contributed by atoms with Crippen LogP contribution in [0.4, 0.5) is 23.4 Å². The second kappa shape index (κ2) is 6.32. The van der Waals surface area contributed by atoms with Gasteiger partial charge in [0.25, 0.3) is 0 Å². The Morgan fingerprint density at radius 2 is 1.60 bits per heavy atom. The maximum Gasteiger partial charge on any atom is 0.329 e. The minimum atomic E-state index is -4.17. The first-order chi connectivity index (χ1) is 13.8. The Morgan fingerprint density at radius 3 is 2.13 bits per heavy atom. The van der Waals surface area contributed by atoms with Crippen molar-refractivity contribution in [1.29, 1.82) is 0 Å². The predicted octanol–water partition coefficient (Wildman–Crippen LogP) is 2.09. The summed E-state index contributed by atoms with van der Waals surface area (Å²) in [6.07, 6.45) is 0. The molecule has 13 heteroatoms. The molecule has 1 saturated heterocycles. The summed E-state index contributed by atoms with van der Waals surface area (Å²) in [6, 6.07) is 0. The number of rotatable bonds is 3. The molecule has 0 unspecified atom stereocenters. The fourth-order valence-corrected chi connectivity index (χ4v) is 3.10. The topological polar surface area (TPSA) is 90.4 Å². The van der Waals surface area contributed by atoms with Crippen LogP contribution in [0.15, 0.2) is 0 Å². The van der Waals surface area contributed by atoms with E-state index in [0.29, 0.717) is 17.5 Å². The number of fused-ring (bicyclic) bond motifs is 1. The van der Waals surface area contributed by atoms with Gasteiger partial charge in [0.15, 0.2) is 17.2 Å². The van der Waals surface area contributed by atoms with E-state index < -0.39 is 30.3 Å². The average molecular weight is 427 g/mol. The Bertz CT molecular complexity index is 1100. The Balaban J connectivity index is 1.82. The zero-order valence-corrected chi connectivity index (χ0v) is 17.2. The number of hydrogen-bond donors (Lipinski definition) is 0. The molecule has 1 aliphatic rings. The maximum absolute atomic E-state index is 13.8. The van der Waals surface area contributed by atoms with E-state index in [0.717, 1.165) is 4.90 Å². The molecule has 162 valence electrons. The van der Waals surface area contributed by atoms with Gasteiger partial charge < -0.3 is 9.47 Å². The molecule has 4 heterocycles. The number of alkyl halides is 4. The number of aromatic nitrogens is 8. The van der Waals surface area contributed by atoms with Crippen LogP contribution in [-0.2, 0) is 19.0 Å². The third kappa shape index (κ3) is 3.25. The normalized spacial score (nSPS) is 18.5. The van der Waals surface area contributed by atoms with Gasteiger partial charge in [-0.15, -0.1) is 20.4 Å². The molecule has 0 atom stereocenters. The largest absolute Gasteiger partial charge is 0.342 e. The van der Waals surface area contributed by atoms with Crippen molar-refractivity contribution in [2.45, 2.75) is 51.5 Å². The monoisotopic (exact) mass is 427 g/mol. The van der Waals surface area contributed by atoms with Gasteiger partial charge >= 0.3 is 11.8 Å². The van der Waals surface area contributed by atoms with Gasteiger partial charge in [-0.05, 0) is 6.92 Å². The van der Waals surface area contributed by atoms with Crippen LogP contribution in [0.2, 0.25) is 0 Å². The second-order valence-electron chi connectivity index (χ2n) is 8.51. The zero-order valence-electron chi connectivity index (χ0n) is 17.2. The maximum atomic E-state index is 13.8. The van der Waals surface area contributed by atoms with Gasteiger partial charge in [-0.1, -0.05) is 20.8 Å². The lowest BCUT2D eigenvalue weighted by molar-refractivity contribution is -0.172. The molecule has 3 aromatic rings. The molecule has 9 nitrogen and oxygen atoms in total. The summed E-state index contributed by atoms with van der Waals surface area (Å²) < 4.78 is 57.1. The molecule has 0 aromatic carbocycles. The van der Waals surface area contributed by atoms with Crippen LogP contribution < -0.4 is 4.90 Å². The SMILES string of the molecule is Cc1nnc(Cn2nc3nc(C(C)(C)C)nc(N4CC(F)(F)C(F)(F)C4)c3n2)n1C. The standard InChI is InChI=1S/C17H21F4N9/c1-9-24-25-10(28(9)5)6-30-26-11-12(27-30)22-14(15(2,3)4)23-13(11)29-7-16(18,19)17(20,21)8-29/h6-8H2,1-5H3. The van der Waals surface area contributed by atoms with Crippen molar-refractivity contribution in [3.05, 3.63) is 17.5 Å². The first-order valence-electron chi connectivity index (χ1n) is 9.27. The molecule has 4 rings (SSSR count). The van der Waals surface area contributed by atoms with Crippen LogP contribution in [0.1, 0.15) is 38.2 Å². The molecule has 0 amide bonds. The summed E-state index contributed by atoms with van der Waals surface area (Å²) in [5.74, 6) is -6.86. The number of anilines is 1. The van der Waals surface area contributed by atoms with E-state index in [-0.39, 0.29) is 23.5 Å². The molecule has 0 spiro atoms. The molecule has 0 aliphatic carbocycles. The molecule has 0 saturated carbocycles.